The van der Waals surface area contributed by atoms with E-state index in [1.165, 1.54) is 0 Å². The number of aryl methyl sites for hydroxylation is 1. The molecule has 2 rings (SSSR count). The third kappa shape index (κ3) is 1.88. The van der Waals surface area contributed by atoms with Crippen LogP contribution in [-0.4, -0.2) is 25.7 Å². The van der Waals surface area contributed by atoms with Crippen LogP contribution in [0.1, 0.15) is 42.4 Å². The van der Waals surface area contributed by atoms with Crippen molar-refractivity contribution in [3.63, 3.8) is 0 Å². The maximum Gasteiger partial charge on any atom is 0.341 e. The van der Waals surface area contributed by atoms with Gasteiger partial charge >= 0.3 is 5.97 Å². The molecule has 0 atom stereocenters. The second-order valence-corrected chi connectivity index (χ2v) is 5.18. The molecule has 2 heterocycles. The lowest BCUT2D eigenvalue weighted by atomic mass is 9.89. The fourth-order valence-corrected chi connectivity index (χ4v) is 1.75. The quantitative estimate of drug-likeness (QED) is 0.818. The van der Waals surface area contributed by atoms with Crippen LogP contribution in [0.25, 0.3) is 5.65 Å². The molecule has 1 N–H and O–H groups in total. The van der Waals surface area contributed by atoms with Crippen LogP contribution in [0.15, 0.2) is 12.4 Å². The van der Waals surface area contributed by atoms with E-state index >= 15 is 0 Å². The van der Waals surface area contributed by atoms with Gasteiger partial charge in [0.2, 0.25) is 0 Å². The Hall–Kier alpha value is -1.91. The highest BCUT2D eigenvalue weighted by Gasteiger charge is 2.28. The van der Waals surface area contributed by atoms with E-state index in [9.17, 15) is 9.90 Å². The Morgan fingerprint density at radius 1 is 1.41 bits per heavy atom. The third-order valence-electron chi connectivity index (χ3n) is 2.53. The van der Waals surface area contributed by atoms with Gasteiger partial charge in [-0.15, -0.1) is 0 Å². The van der Waals surface area contributed by atoms with Crippen LogP contribution in [0.5, 0.6) is 0 Å². The Balaban J connectivity index is 2.84. The average Bonchev–Trinajstić information content (AvgIpc) is 2.55. The minimum absolute atomic E-state index is 0.192. The summed E-state index contributed by atoms with van der Waals surface area (Å²) in [6.45, 7) is 7.71. The first-order valence-corrected chi connectivity index (χ1v) is 5.39. The van der Waals surface area contributed by atoms with E-state index < -0.39 is 5.97 Å². The molecule has 0 radical (unpaired) electrons. The molecule has 0 amide bonds. The number of fused-ring (bicyclic) bond motifs is 1. The molecule has 0 fully saturated rings. The number of aromatic carboxylic acids is 1. The molecule has 0 aromatic carbocycles. The van der Waals surface area contributed by atoms with Crippen LogP contribution in [-0.2, 0) is 5.41 Å². The number of carboxylic acids is 1. The first kappa shape index (κ1) is 11.6. The molecule has 5 nitrogen and oxygen atoms in total. The number of nitrogens with zero attached hydrogens (tertiary/aromatic N) is 3. The van der Waals surface area contributed by atoms with E-state index in [0.717, 1.165) is 5.56 Å². The predicted molar refractivity (Wildman–Crippen MR) is 63.4 cm³/mol. The summed E-state index contributed by atoms with van der Waals surface area (Å²) in [5, 5.41) is 13.6. The Labute approximate surface area is 99.1 Å². The monoisotopic (exact) mass is 233 g/mol. The van der Waals surface area contributed by atoms with Gasteiger partial charge in [0.15, 0.2) is 5.65 Å². The SMILES string of the molecule is Cc1cnc2c(C(=O)O)c(C(C)(C)C)nn2c1. The molecule has 5 heteroatoms. The number of carbonyl (C=O) groups is 1. The third-order valence-corrected chi connectivity index (χ3v) is 2.53. The van der Waals surface area contributed by atoms with Crippen LogP contribution in [0.3, 0.4) is 0 Å². The van der Waals surface area contributed by atoms with Crippen LogP contribution < -0.4 is 0 Å². The fraction of sp³-hybridized carbons (Fsp3) is 0.417. The molecule has 0 saturated carbocycles. The molecule has 0 aliphatic carbocycles. The van der Waals surface area contributed by atoms with E-state index in [-0.39, 0.29) is 11.0 Å². The van der Waals surface area contributed by atoms with Crippen LogP contribution in [0.2, 0.25) is 0 Å². The molecular formula is C12H15N3O2. The van der Waals surface area contributed by atoms with Crippen molar-refractivity contribution in [2.24, 2.45) is 0 Å². The van der Waals surface area contributed by atoms with E-state index in [4.69, 9.17) is 0 Å². The van der Waals surface area contributed by atoms with Crippen molar-refractivity contribution >= 4 is 11.6 Å². The molecule has 0 saturated heterocycles. The lowest BCUT2D eigenvalue weighted by Gasteiger charge is -2.15. The Kier molecular flexibility index (Phi) is 2.41. The van der Waals surface area contributed by atoms with Gasteiger partial charge in [-0.05, 0) is 12.5 Å². The van der Waals surface area contributed by atoms with Crippen molar-refractivity contribution in [1.82, 2.24) is 14.6 Å². The molecule has 17 heavy (non-hydrogen) atoms. The van der Waals surface area contributed by atoms with Gasteiger partial charge in [-0.3, -0.25) is 0 Å². The number of hydrogen-bond acceptors (Lipinski definition) is 3. The predicted octanol–water partition coefficient (Wildman–Crippen LogP) is 2.03. The van der Waals surface area contributed by atoms with Crippen molar-refractivity contribution in [2.45, 2.75) is 33.1 Å². The zero-order valence-electron chi connectivity index (χ0n) is 10.4. The van der Waals surface area contributed by atoms with Crippen molar-refractivity contribution in [3.8, 4) is 0 Å². The molecule has 0 bridgehead atoms. The van der Waals surface area contributed by atoms with E-state index in [2.05, 4.69) is 10.1 Å². The van der Waals surface area contributed by atoms with Gasteiger partial charge < -0.3 is 5.11 Å². The summed E-state index contributed by atoms with van der Waals surface area (Å²) in [7, 11) is 0. The highest BCUT2D eigenvalue weighted by molar-refractivity contribution is 5.96. The van der Waals surface area contributed by atoms with Crippen LogP contribution >= 0.6 is 0 Å². The van der Waals surface area contributed by atoms with Crippen molar-refractivity contribution in [2.75, 3.05) is 0 Å². The lowest BCUT2D eigenvalue weighted by Crippen LogP contribution is -2.16. The zero-order valence-corrected chi connectivity index (χ0v) is 10.4. The second kappa shape index (κ2) is 3.55. The summed E-state index contributed by atoms with van der Waals surface area (Å²) in [6.07, 6.45) is 3.43. The Morgan fingerprint density at radius 3 is 2.59 bits per heavy atom. The summed E-state index contributed by atoms with van der Waals surface area (Å²) in [4.78, 5) is 15.5. The molecule has 0 aliphatic heterocycles. The minimum Gasteiger partial charge on any atom is -0.477 e. The number of rotatable bonds is 1. The summed E-state index contributed by atoms with van der Waals surface area (Å²) in [6, 6.07) is 0. The highest BCUT2D eigenvalue weighted by Crippen LogP contribution is 2.26. The van der Waals surface area contributed by atoms with Crippen molar-refractivity contribution < 1.29 is 9.90 Å². The Bertz CT molecular complexity index is 594. The van der Waals surface area contributed by atoms with Crippen LogP contribution in [0.4, 0.5) is 0 Å². The smallest absolute Gasteiger partial charge is 0.341 e. The highest BCUT2D eigenvalue weighted by atomic mass is 16.4. The van der Waals surface area contributed by atoms with Gasteiger partial charge in [0.25, 0.3) is 0 Å². The lowest BCUT2D eigenvalue weighted by molar-refractivity contribution is 0.0696. The van der Waals surface area contributed by atoms with Gasteiger partial charge in [0.05, 0.1) is 5.69 Å². The van der Waals surface area contributed by atoms with Gasteiger partial charge in [-0.1, -0.05) is 20.8 Å². The standard InChI is InChI=1S/C12H15N3O2/c1-7-5-13-10-8(11(16)17)9(12(2,3)4)14-15(10)6-7/h5-6H,1-4H3,(H,16,17). The van der Waals surface area contributed by atoms with Gasteiger partial charge in [-0.25, -0.2) is 14.3 Å². The number of carboxylic acid groups (broad SMARTS) is 1. The topological polar surface area (TPSA) is 67.5 Å². The number of hydrogen-bond donors (Lipinski definition) is 1. The zero-order chi connectivity index (χ0) is 12.8. The maximum atomic E-state index is 11.3. The largest absolute Gasteiger partial charge is 0.477 e. The molecule has 2 aromatic rings. The average molecular weight is 233 g/mol. The molecule has 0 spiro atoms. The fourth-order valence-electron chi connectivity index (χ4n) is 1.75. The first-order chi connectivity index (χ1) is 7.80. The minimum atomic E-state index is -0.985. The van der Waals surface area contributed by atoms with E-state index in [1.54, 1.807) is 16.9 Å². The summed E-state index contributed by atoms with van der Waals surface area (Å²) < 4.78 is 1.54. The van der Waals surface area contributed by atoms with Gasteiger partial charge in [0, 0.05) is 17.8 Å². The second-order valence-electron chi connectivity index (χ2n) is 5.18. The maximum absolute atomic E-state index is 11.3. The molecule has 0 aliphatic rings. The van der Waals surface area contributed by atoms with Gasteiger partial charge in [0.1, 0.15) is 5.56 Å². The summed E-state index contributed by atoms with van der Waals surface area (Å²) >= 11 is 0. The van der Waals surface area contributed by atoms with Gasteiger partial charge in [-0.2, -0.15) is 5.10 Å². The first-order valence-electron chi connectivity index (χ1n) is 5.39. The Morgan fingerprint density at radius 2 is 2.06 bits per heavy atom. The van der Waals surface area contributed by atoms with E-state index in [0.29, 0.717) is 11.3 Å². The van der Waals surface area contributed by atoms with Crippen LogP contribution in [0, 0.1) is 6.92 Å². The van der Waals surface area contributed by atoms with Crippen molar-refractivity contribution in [1.29, 1.82) is 0 Å². The molecule has 2 aromatic heterocycles. The number of aromatic nitrogens is 3. The normalized spacial score (nSPS) is 12.0. The summed E-state index contributed by atoms with van der Waals surface area (Å²) in [5.41, 5.74) is 1.76. The molecular weight excluding hydrogens is 218 g/mol. The molecule has 0 unspecified atom stereocenters. The van der Waals surface area contributed by atoms with Crippen molar-refractivity contribution in [3.05, 3.63) is 29.2 Å². The van der Waals surface area contributed by atoms with E-state index in [1.807, 2.05) is 27.7 Å². The summed E-state index contributed by atoms with van der Waals surface area (Å²) in [5.74, 6) is -0.985. The molecule has 90 valence electrons.